The van der Waals surface area contributed by atoms with E-state index in [-0.39, 0.29) is 18.2 Å². The number of nitro groups is 1. The van der Waals surface area contributed by atoms with Crippen LogP contribution in [-0.4, -0.2) is 17.4 Å². The van der Waals surface area contributed by atoms with Crippen molar-refractivity contribution < 1.29 is 19.0 Å². The van der Waals surface area contributed by atoms with Gasteiger partial charge in [-0.25, -0.2) is 4.57 Å². The van der Waals surface area contributed by atoms with Crippen LogP contribution in [0.1, 0.15) is 11.1 Å². The number of halogens is 2. The molecule has 7 nitrogen and oxygen atoms in total. The standard InChI is InChI=1S/C21H17Cl2N3O4/c22-19-8-7-18(10-20(19)23)30-14-21(27)24-11-16-2-1-9-25(13-16)12-15-3-5-17(6-4-15)26(28)29/h1-10,13H,11-12,14H2/p+1. The summed E-state index contributed by atoms with van der Waals surface area (Å²) < 4.78 is 7.35. The van der Waals surface area contributed by atoms with E-state index < -0.39 is 4.92 Å². The van der Waals surface area contributed by atoms with E-state index in [1.54, 1.807) is 30.3 Å². The van der Waals surface area contributed by atoms with E-state index in [0.29, 0.717) is 28.9 Å². The lowest BCUT2D eigenvalue weighted by Gasteiger charge is -2.08. The molecule has 154 valence electrons. The maximum absolute atomic E-state index is 12.0. The summed E-state index contributed by atoms with van der Waals surface area (Å²) in [5.74, 6) is 0.187. The average Bonchev–Trinajstić information content (AvgIpc) is 2.74. The Morgan fingerprint density at radius 3 is 2.53 bits per heavy atom. The number of carbonyl (C=O) groups is 1. The van der Waals surface area contributed by atoms with Gasteiger partial charge >= 0.3 is 0 Å². The van der Waals surface area contributed by atoms with Crippen LogP contribution in [0.2, 0.25) is 10.0 Å². The van der Waals surface area contributed by atoms with E-state index in [2.05, 4.69) is 5.32 Å². The van der Waals surface area contributed by atoms with Gasteiger partial charge in [-0.2, -0.15) is 0 Å². The summed E-state index contributed by atoms with van der Waals surface area (Å²) in [6.45, 7) is 0.748. The van der Waals surface area contributed by atoms with Crippen molar-refractivity contribution in [2.75, 3.05) is 6.61 Å². The molecule has 0 saturated carbocycles. The molecule has 9 heteroatoms. The maximum Gasteiger partial charge on any atom is 0.269 e. The fourth-order valence-corrected chi connectivity index (χ4v) is 2.97. The van der Waals surface area contributed by atoms with Gasteiger partial charge in [0.2, 0.25) is 0 Å². The average molecular weight is 447 g/mol. The van der Waals surface area contributed by atoms with Crippen LogP contribution in [0, 0.1) is 10.1 Å². The SMILES string of the molecule is O=C(COc1ccc(Cl)c(Cl)c1)NCc1ccc[n+](Cc2ccc([N+](=O)[O-])cc2)c1. The van der Waals surface area contributed by atoms with Crippen molar-refractivity contribution in [1.29, 1.82) is 0 Å². The Bertz CT molecular complexity index is 1060. The molecule has 0 fully saturated rings. The molecule has 0 aliphatic heterocycles. The fourth-order valence-electron chi connectivity index (χ4n) is 2.68. The third-order valence-corrected chi connectivity index (χ3v) is 4.92. The number of non-ortho nitro benzene ring substituents is 1. The Hall–Kier alpha value is -3.16. The third kappa shape index (κ3) is 6.17. The first kappa shape index (κ1) is 21.5. The number of rotatable bonds is 8. The second-order valence-corrected chi connectivity index (χ2v) is 7.26. The van der Waals surface area contributed by atoms with Crippen molar-refractivity contribution >= 4 is 34.8 Å². The van der Waals surface area contributed by atoms with E-state index in [0.717, 1.165) is 11.1 Å². The molecule has 0 aliphatic carbocycles. The number of nitrogens with zero attached hydrogens (tertiary/aromatic N) is 2. The summed E-state index contributed by atoms with van der Waals surface area (Å²) >= 11 is 11.8. The van der Waals surface area contributed by atoms with Crippen LogP contribution in [-0.2, 0) is 17.9 Å². The molecule has 30 heavy (non-hydrogen) atoms. The number of nitrogens with one attached hydrogen (secondary N) is 1. The minimum absolute atomic E-state index is 0.0586. The van der Waals surface area contributed by atoms with E-state index in [9.17, 15) is 14.9 Å². The van der Waals surface area contributed by atoms with Crippen molar-refractivity contribution in [3.05, 3.63) is 98.3 Å². The van der Waals surface area contributed by atoms with Gasteiger partial charge in [-0.3, -0.25) is 14.9 Å². The highest BCUT2D eigenvalue weighted by molar-refractivity contribution is 6.42. The zero-order chi connectivity index (χ0) is 21.5. The van der Waals surface area contributed by atoms with Crippen LogP contribution in [0.3, 0.4) is 0 Å². The largest absolute Gasteiger partial charge is 0.484 e. The quantitative estimate of drug-likeness (QED) is 0.322. The molecule has 0 saturated heterocycles. The number of carbonyl (C=O) groups excluding carboxylic acids is 1. The lowest BCUT2D eigenvalue weighted by Crippen LogP contribution is -2.35. The van der Waals surface area contributed by atoms with Gasteiger partial charge in [0, 0.05) is 41.9 Å². The van der Waals surface area contributed by atoms with Gasteiger partial charge in [-0.1, -0.05) is 23.2 Å². The summed E-state index contributed by atoms with van der Waals surface area (Å²) in [5.41, 5.74) is 1.90. The zero-order valence-corrected chi connectivity index (χ0v) is 17.3. The highest BCUT2D eigenvalue weighted by atomic mass is 35.5. The number of hydrogen-bond acceptors (Lipinski definition) is 4. The van der Waals surface area contributed by atoms with Crippen LogP contribution in [0.4, 0.5) is 5.69 Å². The number of benzene rings is 2. The number of pyridine rings is 1. The summed E-state index contributed by atoms with van der Waals surface area (Å²) in [6, 6.07) is 15.0. The Balaban J connectivity index is 1.51. The summed E-state index contributed by atoms with van der Waals surface area (Å²) in [5, 5.41) is 14.3. The summed E-state index contributed by atoms with van der Waals surface area (Å²) in [4.78, 5) is 22.4. The fraction of sp³-hybridized carbons (Fsp3) is 0.143. The second kappa shape index (κ2) is 10.0. The predicted molar refractivity (Wildman–Crippen MR) is 113 cm³/mol. The first-order valence-corrected chi connectivity index (χ1v) is 9.72. The predicted octanol–water partition coefficient (Wildman–Crippen LogP) is 3.93. The topological polar surface area (TPSA) is 85.3 Å². The van der Waals surface area contributed by atoms with Gasteiger partial charge in [0.1, 0.15) is 5.75 Å². The Morgan fingerprint density at radius 2 is 1.83 bits per heavy atom. The molecule has 1 heterocycles. The molecule has 0 aliphatic rings. The van der Waals surface area contributed by atoms with Crippen LogP contribution in [0.5, 0.6) is 5.75 Å². The molecular weight excluding hydrogens is 429 g/mol. The first-order chi connectivity index (χ1) is 14.4. The molecule has 1 amide bonds. The van der Waals surface area contributed by atoms with Gasteiger partial charge in [0.05, 0.1) is 15.0 Å². The lowest BCUT2D eigenvalue weighted by molar-refractivity contribution is -0.688. The van der Waals surface area contributed by atoms with Gasteiger partial charge in [0.15, 0.2) is 25.5 Å². The van der Waals surface area contributed by atoms with E-state index >= 15 is 0 Å². The molecule has 3 aromatic rings. The summed E-state index contributed by atoms with van der Waals surface area (Å²) in [7, 11) is 0. The maximum atomic E-state index is 12.0. The van der Waals surface area contributed by atoms with Crippen molar-refractivity contribution in [1.82, 2.24) is 5.32 Å². The van der Waals surface area contributed by atoms with E-state index in [4.69, 9.17) is 27.9 Å². The smallest absolute Gasteiger partial charge is 0.269 e. The zero-order valence-electron chi connectivity index (χ0n) is 15.8. The van der Waals surface area contributed by atoms with E-state index in [1.165, 1.54) is 12.1 Å². The molecule has 0 bridgehead atoms. The van der Waals surface area contributed by atoms with Gasteiger partial charge in [-0.05, 0) is 30.3 Å². The minimum Gasteiger partial charge on any atom is -0.484 e. The van der Waals surface area contributed by atoms with Crippen molar-refractivity contribution in [2.45, 2.75) is 13.1 Å². The van der Waals surface area contributed by atoms with Gasteiger partial charge < -0.3 is 10.1 Å². The van der Waals surface area contributed by atoms with Gasteiger partial charge in [-0.15, -0.1) is 0 Å². The van der Waals surface area contributed by atoms with Crippen molar-refractivity contribution in [3.8, 4) is 5.75 Å². The second-order valence-electron chi connectivity index (χ2n) is 6.45. The molecule has 0 spiro atoms. The number of ether oxygens (including phenoxy) is 1. The molecule has 2 aromatic carbocycles. The lowest BCUT2D eigenvalue weighted by atomic mass is 10.2. The van der Waals surface area contributed by atoms with Crippen molar-refractivity contribution in [3.63, 3.8) is 0 Å². The van der Waals surface area contributed by atoms with Crippen LogP contribution < -0.4 is 14.6 Å². The van der Waals surface area contributed by atoms with E-state index in [1.807, 2.05) is 29.1 Å². The molecule has 1 aromatic heterocycles. The summed E-state index contributed by atoms with van der Waals surface area (Å²) in [6.07, 6.45) is 3.79. The molecule has 0 radical (unpaired) electrons. The molecule has 3 rings (SSSR count). The van der Waals surface area contributed by atoms with Crippen LogP contribution >= 0.6 is 23.2 Å². The minimum atomic E-state index is -0.425. The van der Waals surface area contributed by atoms with Crippen LogP contribution in [0.25, 0.3) is 0 Å². The van der Waals surface area contributed by atoms with Crippen molar-refractivity contribution in [2.24, 2.45) is 0 Å². The Kier molecular flexibility index (Phi) is 7.21. The Morgan fingerprint density at radius 1 is 1.07 bits per heavy atom. The van der Waals surface area contributed by atoms with Gasteiger partial charge in [0.25, 0.3) is 11.6 Å². The molecule has 0 atom stereocenters. The highest BCUT2D eigenvalue weighted by Gasteiger charge is 2.09. The first-order valence-electron chi connectivity index (χ1n) is 8.96. The molecule has 0 unspecified atom stereocenters. The highest BCUT2D eigenvalue weighted by Crippen LogP contribution is 2.26. The molecular formula is C21H18Cl2N3O4+. The number of aromatic nitrogens is 1. The third-order valence-electron chi connectivity index (χ3n) is 4.18. The monoisotopic (exact) mass is 446 g/mol. The number of nitro benzene ring substituents is 1. The molecule has 1 N–H and O–H groups in total. The Labute approximate surface area is 183 Å². The number of amides is 1. The normalized spacial score (nSPS) is 10.5. The number of hydrogen-bond donors (Lipinski definition) is 1. The van der Waals surface area contributed by atoms with Crippen LogP contribution in [0.15, 0.2) is 67.0 Å².